The van der Waals surface area contributed by atoms with Gasteiger partial charge in [0.15, 0.2) is 0 Å². The molecule has 6 nitrogen and oxygen atoms in total. The molecule has 2 rings (SSSR count). The monoisotopic (exact) mass is 346 g/mol. The zero-order chi connectivity index (χ0) is 16.2. The number of benzene rings is 2. The van der Waals surface area contributed by atoms with E-state index in [1.54, 1.807) is 30.3 Å². The minimum atomic E-state index is -4.34. The van der Waals surface area contributed by atoms with Crippen LogP contribution in [0.3, 0.4) is 0 Å². The summed E-state index contributed by atoms with van der Waals surface area (Å²) in [5.41, 5.74) is 0.930. The van der Waals surface area contributed by atoms with Crippen LogP contribution in [0.25, 0.3) is 11.1 Å². The van der Waals surface area contributed by atoms with E-state index in [4.69, 9.17) is 9.84 Å². The summed E-state index contributed by atoms with van der Waals surface area (Å²) >= 11 is 0. The molecule has 3 N–H and O–H groups in total. The van der Waals surface area contributed by atoms with Crippen LogP contribution in [0.5, 0.6) is 5.75 Å². The Hall–Kier alpha value is -0.930. The first-order valence-electron chi connectivity index (χ1n) is 6.41. The molecule has 0 aromatic heterocycles. The van der Waals surface area contributed by atoms with E-state index in [9.17, 15) is 18.1 Å². The predicted octanol–water partition coefficient (Wildman–Crippen LogP) is -1.86. The zero-order valence-corrected chi connectivity index (χ0v) is 15.3. The van der Waals surface area contributed by atoms with Gasteiger partial charge in [-0.2, -0.15) is 24.3 Å². The fraction of sp³-hybridized carbons (Fsp3) is 0.200. The molecule has 0 aliphatic heterocycles. The smallest absolute Gasteiger partial charge is 0.491 e. The molecule has 0 fully saturated rings. The van der Waals surface area contributed by atoms with E-state index in [0.717, 1.165) is 0 Å². The Morgan fingerprint density at radius 2 is 1.83 bits per heavy atom. The van der Waals surface area contributed by atoms with Crippen molar-refractivity contribution in [3.63, 3.8) is 0 Å². The molecular formula is C15H15NaO6S. The Morgan fingerprint density at radius 3 is 2.39 bits per heavy atom. The molecule has 0 spiro atoms. The maximum Gasteiger partial charge on any atom is 1.00 e. The van der Waals surface area contributed by atoms with Gasteiger partial charge in [0.2, 0.25) is 10.1 Å². The van der Waals surface area contributed by atoms with Crippen LogP contribution in [0, 0.1) is 6.07 Å². The van der Waals surface area contributed by atoms with Crippen LogP contribution in [0.4, 0.5) is 0 Å². The normalized spacial score (nSPS) is 12.3. The van der Waals surface area contributed by atoms with Crippen LogP contribution in [0.2, 0.25) is 0 Å². The molecule has 23 heavy (non-hydrogen) atoms. The fourth-order valence-electron chi connectivity index (χ4n) is 1.84. The molecule has 0 saturated carbocycles. The molecule has 0 amide bonds. The van der Waals surface area contributed by atoms with Gasteiger partial charge in [-0.05, 0) is 22.6 Å². The molecule has 0 bridgehead atoms. The minimum Gasteiger partial charge on any atom is -0.491 e. The maximum atomic E-state index is 11.4. The Bertz CT molecular complexity index is 730. The topological polar surface area (TPSA) is 104 Å². The molecule has 0 aliphatic rings. The van der Waals surface area contributed by atoms with E-state index in [1.165, 1.54) is 12.1 Å². The largest absolute Gasteiger partial charge is 1.00 e. The first-order chi connectivity index (χ1) is 10.4. The van der Waals surface area contributed by atoms with Crippen molar-refractivity contribution in [1.29, 1.82) is 0 Å². The van der Waals surface area contributed by atoms with Crippen molar-refractivity contribution < 1.29 is 57.5 Å². The molecule has 0 aliphatic carbocycles. The van der Waals surface area contributed by atoms with Gasteiger partial charge in [0.25, 0.3) is 0 Å². The predicted molar refractivity (Wildman–Crippen MR) is 79.1 cm³/mol. The van der Waals surface area contributed by atoms with Crippen molar-refractivity contribution in [2.75, 3.05) is 13.2 Å². The molecule has 2 aromatic rings. The van der Waals surface area contributed by atoms with Gasteiger partial charge in [-0.15, -0.1) is 5.56 Å². The summed E-state index contributed by atoms with van der Waals surface area (Å²) in [5, 5.41) is 17.9. The van der Waals surface area contributed by atoms with E-state index in [1.807, 2.05) is 0 Å². The van der Waals surface area contributed by atoms with Gasteiger partial charge < -0.3 is 14.9 Å². The Morgan fingerprint density at radius 1 is 1.17 bits per heavy atom. The van der Waals surface area contributed by atoms with Crippen molar-refractivity contribution >= 4 is 10.1 Å². The van der Waals surface area contributed by atoms with Crippen LogP contribution in [0.15, 0.2) is 47.4 Å². The second kappa shape index (κ2) is 8.79. The standard InChI is InChI=1S/C15H15O6S.Na/c16-9-12(17)10-21-13-7-5-11(6-8-13)14-3-1-2-4-15(14)22(18,19)20;/h1,3-8,12,16-17H,9-10H2,(H,18,19,20);/q-1;+1. The second-order valence-corrected chi connectivity index (χ2v) is 5.96. The second-order valence-electron chi connectivity index (χ2n) is 4.57. The number of hydrogen-bond donors (Lipinski definition) is 3. The maximum absolute atomic E-state index is 11.4. The van der Waals surface area contributed by atoms with Crippen LogP contribution < -0.4 is 34.3 Å². The summed E-state index contributed by atoms with van der Waals surface area (Å²) in [6, 6.07) is 13.4. The summed E-state index contributed by atoms with van der Waals surface area (Å²) in [6.07, 6.45) is -0.963. The first kappa shape index (κ1) is 20.1. The van der Waals surface area contributed by atoms with Crippen LogP contribution in [0.1, 0.15) is 0 Å². The quantitative estimate of drug-likeness (QED) is 0.322. The van der Waals surface area contributed by atoms with E-state index in [0.29, 0.717) is 16.9 Å². The van der Waals surface area contributed by atoms with E-state index >= 15 is 0 Å². The van der Waals surface area contributed by atoms with Crippen LogP contribution in [-0.2, 0) is 10.1 Å². The number of hydrogen-bond acceptors (Lipinski definition) is 5. The Labute approximate surface area is 156 Å². The molecule has 118 valence electrons. The number of ether oxygens (including phenoxy) is 1. The summed E-state index contributed by atoms with van der Waals surface area (Å²) in [5.74, 6) is 0.465. The number of aliphatic hydroxyl groups excluding tert-OH is 2. The first-order valence-corrected chi connectivity index (χ1v) is 7.85. The molecule has 0 saturated heterocycles. The third-order valence-corrected chi connectivity index (χ3v) is 3.82. The van der Waals surface area contributed by atoms with Crippen molar-refractivity contribution in [3.05, 3.63) is 48.5 Å². The van der Waals surface area contributed by atoms with Crippen LogP contribution >= 0.6 is 0 Å². The zero-order valence-electron chi connectivity index (χ0n) is 12.5. The van der Waals surface area contributed by atoms with Gasteiger partial charge in [0.1, 0.15) is 18.5 Å². The molecule has 2 aromatic carbocycles. The van der Waals surface area contributed by atoms with Gasteiger partial charge in [0.05, 0.1) is 6.61 Å². The molecule has 1 atom stereocenters. The summed E-state index contributed by atoms with van der Waals surface area (Å²) in [6.45, 7) is -0.442. The number of rotatable bonds is 6. The molecule has 0 radical (unpaired) electrons. The third kappa shape index (κ3) is 5.58. The average Bonchev–Trinajstić information content (AvgIpc) is 2.52. The van der Waals surface area contributed by atoms with Gasteiger partial charge in [-0.1, -0.05) is 12.1 Å². The van der Waals surface area contributed by atoms with E-state index in [2.05, 4.69) is 6.07 Å². The third-order valence-electron chi connectivity index (χ3n) is 2.92. The van der Waals surface area contributed by atoms with Gasteiger partial charge in [-0.3, -0.25) is 4.55 Å². The Balaban J connectivity index is 0.00000264. The van der Waals surface area contributed by atoms with Gasteiger partial charge in [-0.25, -0.2) is 8.42 Å². The van der Waals surface area contributed by atoms with Gasteiger partial charge >= 0.3 is 29.6 Å². The van der Waals surface area contributed by atoms with Crippen molar-refractivity contribution in [3.8, 4) is 16.9 Å². The van der Waals surface area contributed by atoms with E-state index < -0.39 is 22.8 Å². The molecule has 8 heteroatoms. The summed E-state index contributed by atoms with van der Waals surface area (Å²) in [4.78, 5) is -0.223. The Kier molecular flexibility index (Phi) is 7.69. The SMILES string of the molecule is O=S(=O)(O)c1c[c-]ccc1-c1ccc(OCC(O)CO)cc1.[Na+]. The van der Waals surface area contributed by atoms with Gasteiger partial charge in [0, 0.05) is 0 Å². The van der Waals surface area contributed by atoms with Crippen LogP contribution in [-0.4, -0.2) is 42.5 Å². The fourth-order valence-corrected chi connectivity index (χ4v) is 2.52. The molecule has 1 unspecified atom stereocenters. The molecular weight excluding hydrogens is 331 g/mol. The number of aliphatic hydroxyl groups is 2. The van der Waals surface area contributed by atoms with Crippen molar-refractivity contribution in [2.24, 2.45) is 0 Å². The average molecular weight is 346 g/mol. The van der Waals surface area contributed by atoms with Crippen molar-refractivity contribution in [2.45, 2.75) is 11.0 Å². The summed E-state index contributed by atoms with van der Waals surface area (Å²) in [7, 11) is -4.34. The minimum absolute atomic E-state index is 0. The summed E-state index contributed by atoms with van der Waals surface area (Å²) < 4.78 is 37.2. The molecule has 0 heterocycles. The van der Waals surface area contributed by atoms with Crippen molar-refractivity contribution in [1.82, 2.24) is 0 Å². The van der Waals surface area contributed by atoms with E-state index in [-0.39, 0.29) is 41.1 Å².